The molecule has 0 amide bonds. The molecule has 0 radical (unpaired) electrons. The third-order valence-electron chi connectivity index (χ3n) is 3.21. The van der Waals surface area contributed by atoms with E-state index < -0.39 is 5.82 Å². The lowest BCUT2D eigenvalue weighted by Crippen LogP contribution is -2.00. The first-order chi connectivity index (χ1) is 9.63. The second kappa shape index (κ2) is 6.32. The van der Waals surface area contributed by atoms with E-state index >= 15 is 0 Å². The Balaban J connectivity index is 2.17. The highest BCUT2D eigenvalue weighted by atomic mass is 19.1. The normalized spacial score (nSPS) is 12.0. The van der Waals surface area contributed by atoms with E-state index in [4.69, 9.17) is 4.74 Å². The third-order valence-corrected chi connectivity index (χ3v) is 3.21. The molecule has 4 nitrogen and oxygen atoms in total. The molecule has 2 rings (SSSR count). The zero-order valence-corrected chi connectivity index (χ0v) is 11.9. The lowest BCUT2D eigenvalue weighted by atomic mass is 9.99. The average Bonchev–Trinajstić information content (AvgIpc) is 2.49. The first-order valence-corrected chi connectivity index (χ1v) is 6.62. The van der Waals surface area contributed by atoms with Gasteiger partial charge in [0, 0.05) is 7.05 Å². The summed E-state index contributed by atoms with van der Waals surface area (Å²) in [7, 11) is 1.66. The van der Waals surface area contributed by atoms with E-state index in [9.17, 15) is 4.39 Å². The zero-order valence-electron chi connectivity index (χ0n) is 11.9. The largest absolute Gasteiger partial charge is 0.436 e. The summed E-state index contributed by atoms with van der Waals surface area (Å²) in [5.74, 6) is 0.695. The van der Waals surface area contributed by atoms with Crippen molar-refractivity contribution in [3.05, 3.63) is 41.8 Å². The van der Waals surface area contributed by atoms with Crippen LogP contribution in [0.3, 0.4) is 0 Å². The van der Waals surface area contributed by atoms with E-state index in [1.807, 2.05) is 24.3 Å². The number of anilines is 1. The molecule has 0 bridgehead atoms. The maximum Gasteiger partial charge on any atom is 0.260 e. The predicted molar refractivity (Wildman–Crippen MR) is 76.8 cm³/mol. The summed E-state index contributed by atoms with van der Waals surface area (Å²) < 4.78 is 19.0. The standard InChI is InChI=1S/C15H18FN3O/c1-4-10(2)11-5-7-12(8-6-11)20-14-13(16)9-18-15(17-3)19-14/h5-10H,4H2,1-3H3,(H,17,18,19). The van der Waals surface area contributed by atoms with Crippen molar-refractivity contribution in [3.63, 3.8) is 0 Å². The van der Waals surface area contributed by atoms with Crippen molar-refractivity contribution in [2.75, 3.05) is 12.4 Å². The fourth-order valence-corrected chi connectivity index (χ4v) is 1.76. The van der Waals surface area contributed by atoms with E-state index in [1.54, 1.807) is 7.05 Å². The van der Waals surface area contributed by atoms with Crippen LogP contribution in [0.2, 0.25) is 0 Å². The molecule has 1 N–H and O–H groups in total. The maximum absolute atomic E-state index is 13.6. The van der Waals surface area contributed by atoms with Crippen LogP contribution in [0.25, 0.3) is 0 Å². The van der Waals surface area contributed by atoms with Crippen LogP contribution in [0.15, 0.2) is 30.5 Å². The summed E-state index contributed by atoms with van der Waals surface area (Å²) in [5.41, 5.74) is 1.24. The van der Waals surface area contributed by atoms with Crippen LogP contribution in [0, 0.1) is 5.82 Å². The number of halogens is 1. The van der Waals surface area contributed by atoms with Gasteiger partial charge in [-0.3, -0.25) is 0 Å². The van der Waals surface area contributed by atoms with Gasteiger partial charge in [-0.1, -0.05) is 26.0 Å². The SMILES string of the molecule is CCC(C)c1ccc(Oc2nc(NC)ncc2F)cc1. The molecule has 0 aliphatic heterocycles. The highest BCUT2D eigenvalue weighted by Crippen LogP contribution is 2.25. The number of nitrogens with one attached hydrogen (secondary N) is 1. The molecule has 1 unspecified atom stereocenters. The maximum atomic E-state index is 13.6. The van der Waals surface area contributed by atoms with E-state index in [2.05, 4.69) is 29.1 Å². The van der Waals surface area contributed by atoms with Crippen molar-refractivity contribution in [1.82, 2.24) is 9.97 Å². The van der Waals surface area contributed by atoms with Gasteiger partial charge in [-0.2, -0.15) is 9.37 Å². The molecule has 5 heteroatoms. The van der Waals surface area contributed by atoms with Crippen LogP contribution < -0.4 is 10.1 Å². The number of ether oxygens (including phenoxy) is 1. The molecular weight excluding hydrogens is 257 g/mol. The zero-order chi connectivity index (χ0) is 14.5. The lowest BCUT2D eigenvalue weighted by molar-refractivity contribution is 0.420. The molecule has 0 aliphatic rings. The Labute approximate surface area is 118 Å². The minimum atomic E-state index is -0.588. The van der Waals surface area contributed by atoms with E-state index in [0.29, 0.717) is 17.6 Å². The van der Waals surface area contributed by atoms with Gasteiger partial charge in [0.05, 0.1) is 6.20 Å². The molecule has 106 valence electrons. The van der Waals surface area contributed by atoms with Crippen LogP contribution in [-0.2, 0) is 0 Å². The van der Waals surface area contributed by atoms with E-state index in [0.717, 1.165) is 12.6 Å². The summed E-state index contributed by atoms with van der Waals surface area (Å²) in [5, 5.41) is 2.74. The lowest BCUT2D eigenvalue weighted by Gasteiger charge is -2.10. The van der Waals surface area contributed by atoms with Crippen LogP contribution in [0.4, 0.5) is 10.3 Å². The molecule has 1 aromatic heterocycles. The van der Waals surface area contributed by atoms with Crippen LogP contribution in [-0.4, -0.2) is 17.0 Å². The predicted octanol–water partition coefficient (Wildman–Crippen LogP) is 3.96. The molecule has 1 atom stereocenters. The Morgan fingerprint density at radius 1 is 1.30 bits per heavy atom. The number of rotatable bonds is 5. The van der Waals surface area contributed by atoms with Gasteiger partial charge < -0.3 is 10.1 Å². The van der Waals surface area contributed by atoms with Crippen molar-refractivity contribution in [2.45, 2.75) is 26.2 Å². The van der Waals surface area contributed by atoms with E-state index in [-0.39, 0.29) is 5.88 Å². The van der Waals surface area contributed by atoms with Gasteiger partial charge in [0.2, 0.25) is 11.8 Å². The van der Waals surface area contributed by atoms with E-state index in [1.165, 1.54) is 5.56 Å². The van der Waals surface area contributed by atoms with Gasteiger partial charge in [0.1, 0.15) is 5.75 Å². The summed E-state index contributed by atoms with van der Waals surface area (Å²) in [4.78, 5) is 7.71. The quantitative estimate of drug-likeness (QED) is 0.897. The Morgan fingerprint density at radius 2 is 2.00 bits per heavy atom. The molecule has 0 saturated heterocycles. The molecule has 2 aromatic rings. The fourth-order valence-electron chi connectivity index (χ4n) is 1.76. The molecule has 1 heterocycles. The summed E-state index contributed by atoms with van der Waals surface area (Å²) in [6.45, 7) is 4.31. The molecule has 0 aliphatic carbocycles. The van der Waals surface area contributed by atoms with Crippen LogP contribution >= 0.6 is 0 Å². The van der Waals surface area contributed by atoms with Crippen molar-refractivity contribution in [1.29, 1.82) is 0 Å². The fraction of sp³-hybridized carbons (Fsp3) is 0.333. The minimum Gasteiger partial charge on any atom is -0.436 e. The van der Waals surface area contributed by atoms with Gasteiger partial charge in [-0.25, -0.2) is 4.98 Å². The van der Waals surface area contributed by atoms with Crippen molar-refractivity contribution in [2.24, 2.45) is 0 Å². The van der Waals surface area contributed by atoms with Gasteiger partial charge in [0.15, 0.2) is 0 Å². The van der Waals surface area contributed by atoms with Crippen molar-refractivity contribution >= 4 is 5.95 Å². The smallest absolute Gasteiger partial charge is 0.260 e. The second-order valence-electron chi connectivity index (χ2n) is 4.58. The number of hydrogen-bond donors (Lipinski definition) is 1. The topological polar surface area (TPSA) is 47.0 Å². The summed E-state index contributed by atoms with van der Waals surface area (Å²) >= 11 is 0. The van der Waals surface area contributed by atoms with Gasteiger partial charge in [-0.15, -0.1) is 0 Å². The first kappa shape index (κ1) is 14.2. The molecule has 20 heavy (non-hydrogen) atoms. The highest BCUT2D eigenvalue weighted by Gasteiger charge is 2.09. The molecule has 0 saturated carbocycles. The minimum absolute atomic E-state index is 0.0827. The highest BCUT2D eigenvalue weighted by molar-refractivity contribution is 5.34. The Kier molecular flexibility index (Phi) is 4.50. The molecule has 0 spiro atoms. The number of benzene rings is 1. The molecular formula is C15H18FN3O. The van der Waals surface area contributed by atoms with Crippen molar-refractivity contribution < 1.29 is 9.13 Å². The summed E-state index contributed by atoms with van der Waals surface area (Å²) in [6.07, 6.45) is 2.16. The summed E-state index contributed by atoms with van der Waals surface area (Å²) in [6, 6.07) is 7.62. The third kappa shape index (κ3) is 3.23. The average molecular weight is 275 g/mol. The Bertz CT molecular complexity index is 572. The number of aromatic nitrogens is 2. The van der Waals surface area contributed by atoms with Gasteiger partial charge in [-0.05, 0) is 30.0 Å². The number of hydrogen-bond acceptors (Lipinski definition) is 4. The number of nitrogens with zero attached hydrogens (tertiary/aromatic N) is 2. The Hall–Kier alpha value is -2.17. The molecule has 1 aromatic carbocycles. The second-order valence-corrected chi connectivity index (χ2v) is 4.58. The van der Waals surface area contributed by atoms with Gasteiger partial charge >= 0.3 is 0 Å². The Morgan fingerprint density at radius 3 is 2.60 bits per heavy atom. The van der Waals surface area contributed by atoms with Crippen LogP contribution in [0.1, 0.15) is 31.7 Å². The first-order valence-electron chi connectivity index (χ1n) is 6.62. The molecule has 0 fully saturated rings. The van der Waals surface area contributed by atoms with Gasteiger partial charge in [0.25, 0.3) is 5.88 Å². The van der Waals surface area contributed by atoms with Crippen molar-refractivity contribution in [3.8, 4) is 11.6 Å². The monoisotopic (exact) mass is 275 g/mol. The van der Waals surface area contributed by atoms with Crippen LogP contribution in [0.5, 0.6) is 11.6 Å².